The Morgan fingerprint density at radius 3 is 2.25 bits per heavy atom. The molecule has 4 heteroatoms. The van der Waals surface area contributed by atoms with E-state index in [9.17, 15) is 4.55 Å². The second-order valence-electron chi connectivity index (χ2n) is 1.12. The molecule has 0 saturated carbocycles. The second-order valence-corrected chi connectivity index (χ2v) is 3.36. The SMILES string of the molecule is CC[S+]([O-])CCCl.O. The lowest BCUT2D eigenvalue weighted by Gasteiger charge is -2.03. The minimum absolute atomic E-state index is 0. The molecule has 0 aromatic carbocycles. The molecule has 0 radical (unpaired) electrons. The van der Waals surface area contributed by atoms with Gasteiger partial charge in [0.2, 0.25) is 0 Å². The fraction of sp³-hybridized carbons (Fsp3) is 1.00. The highest BCUT2D eigenvalue weighted by Crippen LogP contribution is 1.89. The van der Waals surface area contributed by atoms with Crippen molar-refractivity contribution >= 4 is 22.8 Å². The van der Waals surface area contributed by atoms with E-state index in [2.05, 4.69) is 0 Å². The summed E-state index contributed by atoms with van der Waals surface area (Å²) < 4.78 is 10.4. The average molecular weight is 159 g/mol. The molecular formula is C4H11ClO2S. The van der Waals surface area contributed by atoms with Crippen LogP contribution in [0.15, 0.2) is 0 Å². The summed E-state index contributed by atoms with van der Waals surface area (Å²) in [6.07, 6.45) is 0. The van der Waals surface area contributed by atoms with Crippen molar-refractivity contribution in [2.24, 2.45) is 0 Å². The standard InChI is InChI=1S/C4H9ClOS.H2O/c1-2-7(6)4-3-5;/h2-4H2,1H3;1H2. The van der Waals surface area contributed by atoms with Crippen LogP contribution in [0.2, 0.25) is 0 Å². The Balaban J connectivity index is 0. The van der Waals surface area contributed by atoms with Crippen molar-refractivity contribution < 1.29 is 10.0 Å². The van der Waals surface area contributed by atoms with Crippen LogP contribution in [0, 0.1) is 0 Å². The van der Waals surface area contributed by atoms with Gasteiger partial charge in [-0.15, -0.1) is 11.6 Å². The molecule has 8 heavy (non-hydrogen) atoms. The maximum absolute atomic E-state index is 10.4. The van der Waals surface area contributed by atoms with Crippen molar-refractivity contribution in [2.75, 3.05) is 17.4 Å². The molecule has 0 rings (SSSR count). The normalized spacial score (nSPS) is 12.4. The van der Waals surface area contributed by atoms with E-state index in [0.717, 1.165) is 5.75 Å². The van der Waals surface area contributed by atoms with Crippen LogP contribution in [0.5, 0.6) is 0 Å². The number of hydrogen-bond acceptors (Lipinski definition) is 1. The monoisotopic (exact) mass is 158 g/mol. The van der Waals surface area contributed by atoms with Gasteiger partial charge >= 0.3 is 0 Å². The van der Waals surface area contributed by atoms with E-state index in [1.807, 2.05) is 6.92 Å². The van der Waals surface area contributed by atoms with E-state index in [1.165, 1.54) is 0 Å². The molecule has 0 aromatic rings. The molecule has 0 bridgehead atoms. The van der Waals surface area contributed by atoms with Gasteiger partial charge in [-0.2, -0.15) is 0 Å². The van der Waals surface area contributed by atoms with Crippen LogP contribution in [-0.2, 0) is 11.2 Å². The van der Waals surface area contributed by atoms with E-state index in [0.29, 0.717) is 11.6 Å². The molecule has 0 aliphatic heterocycles. The van der Waals surface area contributed by atoms with Crippen molar-refractivity contribution in [3.05, 3.63) is 0 Å². The predicted octanol–water partition coefficient (Wildman–Crippen LogP) is 0.169. The van der Waals surface area contributed by atoms with E-state index >= 15 is 0 Å². The smallest absolute Gasteiger partial charge is 0.119 e. The molecule has 52 valence electrons. The van der Waals surface area contributed by atoms with Gasteiger partial charge in [-0.25, -0.2) is 0 Å². The van der Waals surface area contributed by atoms with Crippen LogP contribution in [0.3, 0.4) is 0 Å². The second kappa shape index (κ2) is 7.56. The van der Waals surface area contributed by atoms with Gasteiger partial charge in [0.1, 0.15) is 11.5 Å². The van der Waals surface area contributed by atoms with Crippen LogP contribution in [-0.4, -0.2) is 27.4 Å². The molecule has 2 N–H and O–H groups in total. The third-order valence-electron chi connectivity index (χ3n) is 0.627. The quantitative estimate of drug-likeness (QED) is 0.427. The van der Waals surface area contributed by atoms with Crippen molar-refractivity contribution in [2.45, 2.75) is 6.92 Å². The Labute approximate surface area is 57.7 Å². The van der Waals surface area contributed by atoms with Gasteiger partial charge in [-0.05, 0) is 6.92 Å². The Hall–Kier alpha value is 0.560. The maximum Gasteiger partial charge on any atom is 0.119 e. The van der Waals surface area contributed by atoms with Crippen LogP contribution in [0.25, 0.3) is 0 Å². The fourth-order valence-corrected chi connectivity index (χ4v) is 1.21. The molecule has 0 aliphatic rings. The van der Waals surface area contributed by atoms with Gasteiger partial charge in [-0.3, -0.25) is 0 Å². The van der Waals surface area contributed by atoms with Crippen molar-refractivity contribution in [1.29, 1.82) is 0 Å². The van der Waals surface area contributed by atoms with E-state index in [4.69, 9.17) is 11.6 Å². The Kier molecular flexibility index (Phi) is 10.7. The minimum atomic E-state index is -0.659. The molecular weight excluding hydrogens is 148 g/mol. The topological polar surface area (TPSA) is 54.6 Å². The summed E-state index contributed by atoms with van der Waals surface area (Å²) in [4.78, 5) is 0. The average Bonchev–Trinajstić information content (AvgIpc) is 1.68. The zero-order chi connectivity index (χ0) is 5.70. The molecule has 1 unspecified atom stereocenters. The Bertz CT molecular complexity index is 45.0. The third-order valence-corrected chi connectivity index (χ3v) is 2.34. The molecule has 2 nitrogen and oxygen atoms in total. The summed E-state index contributed by atoms with van der Waals surface area (Å²) >= 11 is 4.62. The summed E-state index contributed by atoms with van der Waals surface area (Å²) in [6.45, 7) is 1.89. The number of halogens is 1. The number of rotatable bonds is 3. The highest BCUT2D eigenvalue weighted by atomic mass is 35.5. The summed E-state index contributed by atoms with van der Waals surface area (Å²) in [5.74, 6) is 1.88. The summed E-state index contributed by atoms with van der Waals surface area (Å²) in [5, 5.41) is 0. The van der Waals surface area contributed by atoms with Crippen molar-refractivity contribution in [3.63, 3.8) is 0 Å². The fourth-order valence-electron chi connectivity index (χ4n) is 0.230. The van der Waals surface area contributed by atoms with Gasteiger partial charge < -0.3 is 10.0 Å². The largest absolute Gasteiger partial charge is 0.616 e. The van der Waals surface area contributed by atoms with Gasteiger partial charge in [0, 0.05) is 0 Å². The first-order valence-electron chi connectivity index (χ1n) is 2.22. The van der Waals surface area contributed by atoms with E-state index < -0.39 is 11.2 Å². The predicted molar refractivity (Wildman–Crippen MR) is 37.9 cm³/mol. The number of alkyl halides is 1. The zero-order valence-electron chi connectivity index (χ0n) is 4.82. The summed E-state index contributed by atoms with van der Waals surface area (Å²) in [7, 11) is 0. The Morgan fingerprint density at radius 1 is 1.62 bits per heavy atom. The summed E-state index contributed by atoms with van der Waals surface area (Å²) in [5.41, 5.74) is 0. The molecule has 0 aliphatic carbocycles. The maximum atomic E-state index is 10.4. The molecule has 0 saturated heterocycles. The van der Waals surface area contributed by atoms with Crippen LogP contribution in [0.1, 0.15) is 6.92 Å². The molecule has 1 atom stereocenters. The lowest BCUT2D eigenvalue weighted by atomic mass is 11.0. The molecule has 0 aromatic heterocycles. The lowest BCUT2D eigenvalue weighted by Crippen LogP contribution is -2.09. The molecule has 0 amide bonds. The first-order valence-corrected chi connectivity index (χ1v) is 4.24. The van der Waals surface area contributed by atoms with Crippen molar-refractivity contribution in [1.82, 2.24) is 0 Å². The highest BCUT2D eigenvalue weighted by Gasteiger charge is 1.96. The first-order chi connectivity index (χ1) is 3.31. The lowest BCUT2D eigenvalue weighted by molar-refractivity contribution is 0.597. The summed E-state index contributed by atoms with van der Waals surface area (Å²) in [6, 6.07) is 0. The first kappa shape index (κ1) is 11.4. The van der Waals surface area contributed by atoms with Crippen LogP contribution >= 0.6 is 11.6 Å². The highest BCUT2D eigenvalue weighted by molar-refractivity contribution is 7.91. The van der Waals surface area contributed by atoms with Gasteiger partial charge in [0.25, 0.3) is 0 Å². The molecule has 0 fully saturated rings. The minimum Gasteiger partial charge on any atom is -0.616 e. The van der Waals surface area contributed by atoms with Gasteiger partial charge in [-0.1, -0.05) is 11.2 Å². The van der Waals surface area contributed by atoms with Gasteiger partial charge in [0.15, 0.2) is 0 Å². The number of hydrogen-bond donors (Lipinski definition) is 0. The Morgan fingerprint density at radius 2 is 2.12 bits per heavy atom. The van der Waals surface area contributed by atoms with Crippen molar-refractivity contribution in [3.8, 4) is 0 Å². The molecule has 0 spiro atoms. The van der Waals surface area contributed by atoms with E-state index in [1.54, 1.807) is 0 Å². The van der Waals surface area contributed by atoms with Crippen LogP contribution < -0.4 is 0 Å². The van der Waals surface area contributed by atoms with Crippen LogP contribution in [0.4, 0.5) is 0 Å². The molecule has 0 heterocycles. The zero-order valence-corrected chi connectivity index (χ0v) is 6.39. The third kappa shape index (κ3) is 6.56. The van der Waals surface area contributed by atoms with Gasteiger partial charge in [0.05, 0.1) is 5.88 Å². The van der Waals surface area contributed by atoms with E-state index in [-0.39, 0.29) is 5.48 Å².